The molecule has 1 aromatic heterocycles. The van der Waals surface area contributed by atoms with E-state index < -0.39 is 0 Å². The van der Waals surface area contributed by atoms with Gasteiger partial charge in [-0.1, -0.05) is 12.1 Å². The minimum atomic E-state index is 0.0207. The fourth-order valence-electron chi connectivity index (χ4n) is 2.73. The summed E-state index contributed by atoms with van der Waals surface area (Å²) in [6.07, 6.45) is 3.30. The van der Waals surface area contributed by atoms with E-state index in [2.05, 4.69) is 10.3 Å². The maximum atomic E-state index is 12.7. The number of carbonyl (C=O) groups excluding carboxylic acids is 1. The van der Waals surface area contributed by atoms with Crippen LogP contribution in [0, 0.1) is 0 Å². The van der Waals surface area contributed by atoms with Crippen molar-refractivity contribution in [3.8, 4) is 5.75 Å². The van der Waals surface area contributed by atoms with E-state index in [-0.39, 0.29) is 11.9 Å². The molecule has 1 aliphatic rings. The Morgan fingerprint density at radius 1 is 1.32 bits per heavy atom. The Morgan fingerprint density at radius 3 is 2.82 bits per heavy atom. The summed E-state index contributed by atoms with van der Waals surface area (Å²) >= 11 is 0. The Hall–Kier alpha value is -2.40. The van der Waals surface area contributed by atoms with Gasteiger partial charge in [-0.25, -0.2) is 0 Å². The third kappa shape index (κ3) is 2.94. The van der Waals surface area contributed by atoms with Gasteiger partial charge in [0.1, 0.15) is 5.75 Å². The molecule has 1 amide bonds. The van der Waals surface area contributed by atoms with E-state index in [9.17, 15) is 4.79 Å². The number of aromatic nitrogens is 1. The topological polar surface area (TPSA) is 54.5 Å². The second-order valence-electron chi connectivity index (χ2n) is 5.23. The molecule has 0 radical (unpaired) electrons. The second-order valence-corrected chi connectivity index (χ2v) is 5.23. The van der Waals surface area contributed by atoms with Gasteiger partial charge >= 0.3 is 0 Å². The smallest absolute Gasteiger partial charge is 0.256 e. The van der Waals surface area contributed by atoms with Crippen LogP contribution < -0.4 is 10.1 Å². The number of methoxy groups -OCH3 is 1. The van der Waals surface area contributed by atoms with Crippen molar-refractivity contribution in [3.63, 3.8) is 0 Å². The monoisotopic (exact) mass is 297 g/mol. The molecule has 2 aromatic rings. The van der Waals surface area contributed by atoms with Crippen LogP contribution in [0.5, 0.6) is 5.75 Å². The average molecular weight is 297 g/mol. The molecule has 1 fully saturated rings. The van der Waals surface area contributed by atoms with E-state index >= 15 is 0 Å². The zero-order valence-corrected chi connectivity index (χ0v) is 12.5. The highest BCUT2D eigenvalue weighted by Gasteiger charge is 2.28. The summed E-state index contributed by atoms with van der Waals surface area (Å²) in [4.78, 5) is 18.7. The van der Waals surface area contributed by atoms with Crippen LogP contribution in [0.1, 0.15) is 22.0 Å². The Bertz CT molecular complexity index is 628. The Morgan fingerprint density at radius 2 is 2.14 bits per heavy atom. The van der Waals surface area contributed by atoms with Crippen molar-refractivity contribution in [2.45, 2.75) is 6.04 Å². The quantitative estimate of drug-likeness (QED) is 0.940. The molecule has 0 unspecified atom stereocenters. The second kappa shape index (κ2) is 6.58. The van der Waals surface area contributed by atoms with E-state index in [0.717, 1.165) is 24.4 Å². The summed E-state index contributed by atoms with van der Waals surface area (Å²) < 4.78 is 5.20. The van der Waals surface area contributed by atoms with E-state index in [0.29, 0.717) is 12.1 Å². The van der Waals surface area contributed by atoms with Gasteiger partial charge in [-0.3, -0.25) is 9.78 Å². The SMILES string of the molecule is COc1ccc([C@H]2CNCCN2C(=O)c2cccnc2)cc1. The van der Waals surface area contributed by atoms with Crippen molar-refractivity contribution < 1.29 is 9.53 Å². The van der Waals surface area contributed by atoms with Crippen LogP contribution in [0.3, 0.4) is 0 Å². The molecule has 1 N–H and O–H groups in total. The molecular formula is C17H19N3O2. The predicted octanol–water partition coefficient (Wildman–Crippen LogP) is 1.88. The summed E-state index contributed by atoms with van der Waals surface area (Å²) in [5.74, 6) is 0.841. The number of pyridine rings is 1. The Kier molecular flexibility index (Phi) is 4.34. The van der Waals surface area contributed by atoms with Crippen LogP contribution in [0.15, 0.2) is 48.8 Å². The van der Waals surface area contributed by atoms with Gasteiger partial charge in [0.2, 0.25) is 0 Å². The van der Waals surface area contributed by atoms with Crippen molar-refractivity contribution in [3.05, 3.63) is 59.9 Å². The lowest BCUT2D eigenvalue weighted by atomic mass is 10.0. The third-order valence-electron chi connectivity index (χ3n) is 3.91. The molecule has 1 atom stereocenters. The van der Waals surface area contributed by atoms with Gasteiger partial charge in [-0.2, -0.15) is 0 Å². The first-order chi connectivity index (χ1) is 10.8. The molecule has 5 nitrogen and oxygen atoms in total. The van der Waals surface area contributed by atoms with Crippen LogP contribution in [-0.2, 0) is 0 Å². The van der Waals surface area contributed by atoms with Crippen LogP contribution >= 0.6 is 0 Å². The molecule has 2 heterocycles. The normalized spacial score (nSPS) is 18.0. The number of amides is 1. The van der Waals surface area contributed by atoms with Gasteiger partial charge in [0.05, 0.1) is 18.7 Å². The number of nitrogens with zero attached hydrogens (tertiary/aromatic N) is 2. The number of hydrogen-bond acceptors (Lipinski definition) is 4. The molecule has 0 spiro atoms. The molecule has 1 aromatic carbocycles. The highest BCUT2D eigenvalue weighted by molar-refractivity contribution is 5.94. The lowest BCUT2D eigenvalue weighted by Gasteiger charge is -2.36. The summed E-state index contributed by atoms with van der Waals surface area (Å²) in [6, 6.07) is 11.5. The fourth-order valence-corrected chi connectivity index (χ4v) is 2.73. The molecule has 0 aliphatic carbocycles. The Labute approximate surface area is 129 Å². The number of ether oxygens (including phenoxy) is 1. The van der Waals surface area contributed by atoms with Crippen LogP contribution in [0.25, 0.3) is 0 Å². The average Bonchev–Trinajstić information content (AvgIpc) is 2.62. The number of nitrogens with one attached hydrogen (secondary N) is 1. The summed E-state index contributed by atoms with van der Waals surface area (Å²) in [6.45, 7) is 2.24. The van der Waals surface area contributed by atoms with Gasteiger partial charge in [0, 0.05) is 32.0 Å². The summed E-state index contributed by atoms with van der Waals surface area (Å²) in [5, 5.41) is 3.36. The first-order valence-electron chi connectivity index (χ1n) is 7.35. The number of hydrogen-bond donors (Lipinski definition) is 1. The minimum absolute atomic E-state index is 0.0207. The van der Waals surface area contributed by atoms with E-state index in [1.54, 1.807) is 25.6 Å². The van der Waals surface area contributed by atoms with E-state index in [1.165, 1.54) is 0 Å². The molecule has 3 rings (SSSR count). The summed E-state index contributed by atoms with van der Waals surface area (Å²) in [7, 11) is 1.65. The number of piperazine rings is 1. The van der Waals surface area contributed by atoms with Crippen molar-refractivity contribution >= 4 is 5.91 Å². The standard InChI is InChI=1S/C17H19N3O2/c1-22-15-6-4-13(5-7-15)16-12-19-9-10-20(16)17(21)14-3-2-8-18-11-14/h2-8,11,16,19H,9-10,12H2,1H3/t16-/m1/s1. The maximum absolute atomic E-state index is 12.7. The lowest BCUT2D eigenvalue weighted by Crippen LogP contribution is -2.48. The maximum Gasteiger partial charge on any atom is 0.256 e. The number of benzene rings is 1. The third-order valence-corrected chi connectivity index (χ3v) is 3.91. The highest BCUT2D eigenvalue weighted by Crippen LogP contribution is 2.25. The summed E-state index contributed by atoms with van der Waals surface area (Å²) in [5.41, 5.74) is 1.73. The largest absolute Gasteiger partial charge is 0.497 e. The zero-order valence-electron chi connectivity index (χ0n) is 12.5. The van der Waals surface area contributed by atoms with Crippen LogP contribution in [-0.4, -0.2) is 42.5 Å². The predicted molar refractivity (Wildman–Crippen MR) is 83.9 cm³/mol. The number of carbonyl (C=O) groups is 1. The molecular weight excluding hydrogens is 278 g/mol. The minimum Gasteiger partial charge on any atom is -0.497 e. The molecule has 1 saturated heterocycles. The molecule has 0 saturated carbocycles. The highest BCUT2D eigenvalue weighted by atomic mass is 16.5. The molecule has 1 aliphatic heterocycles. The Balaban J connectivity index is 1.86. The molecule has 5 heteroatoms. The van der Waals surface area contributed by atoms with Crippen LogP contribution in [0.2, 0.25) is 0 Å². The first kappa shape index (κ1) is 14.5. The van der Waals surface area contributed by atoms with Crippen molar-refractivity contribution in [1.29, 1.82) is 0 Å². The fraction of sp³-hybridized carbons (Fsp3) is 0.294. The van der Waals surface area contributed by atoms with E-state index in [4.69, 9.17) is 4.74 Å². The van der Waals surface area contributed by atoms with Gasteiger partial charge < -0.3 is 15.0 Å². The first-order valence-corrected chi connectivity index (χ1v) is 7.35. The van der Waals surface area contributed by atoms with Gasteiger partial charge in [-0.05, 0) is 29.8 Å². The van der Waals surface area contributed by atoms with Crippen molar-refractivity contribution in [1.82, 2.24) is 15.2 Å². The molecule has 0 bridgehead atoms. The number of rotatable bonds is 3. The molecule has 22 heavy (non-hydrogen) atoms. The van der Waals surface area contributed by atoms with Crippen molar-refractivity contribution in [2.24, 2.45) is 0 Å². The zero-order chi connectivity index (χ0) is 15.4. The van der Waals surface area contributed by atoms with Gasteiger partial charge in [-0.15, -0.1) is 0 Å². The van der Waals surface area contributed by atoms with Gasteiger partial charge in [0.15, 0.2) is 0 Å². The molecule has 114 valence electrons. The van der Waals surface area contributed by atoms with Crippen molar-refractivity contribution in [2.75, 3.05) is 26.7 Å². The lowest BCUT2D eigenvalue weighted by molar-refractivity contribution is 0.0634. The van der Waals surface area contributed by atoms with Crippen LogP contribution in [0.4, 0.5) is 0 Å². The van der Waals surface area contributed by atoms with E-state index in [1.807, 2.05) is 35.2 Å². The van der Waals surface area contributed by atoms with Gasteiger partial charge in [0.25, 0.3) is 5.91 Å².